The average Bonchev–Trinajstić information content (AvgIpc) is 2.87. The standard InChI is InChI=1S/C27H19NO6/c1-30-18-6-4-17(5-7-18)27-13-16-11-15(14-28)3-9-20(16)24(33-27)23-25(34-27)21-10-8-19(31-2)12-22(21)32-26(23)29/h3-12,24H,13H2,1-2H3/t24-,27+/m0/s1. The number of fused-ring (bicyclic) bond motifs is 8. The van der Waals surface area contributed by atoms with Gasteiger partial charge in [-0.3, -0.25) is 0 Å². The molecule has 0 amide bonds. The molecular weight excluding hydrogens is 434 g/mol. The fourth-order valence-electron chi connectivity index (χ4n) is 4.77. The molecule has 0 unspecified atom stereocenters. The summed E-state index contributed by atoms with van der Waals surface area (Å²) in [6.07, 6.45) is -0.358. The quantitative estimate of drug-likeness (QED) is 0.419. The molecule has 0 fully saturated rings. The zero-order valence-electron chi connectivity index (χ0n) is 18.5. The molecule has 0 spiro atoms. The molecule has 34 heavy (non-hydrogen) atoms. The molecule has 2 aliphatic heterocycles. The lowest BCUT2D eigenvalue weighted by atomic mass is 9.83. The van der Waals surface area contributed by atoms with Gasteiger partial charge in [0.05, 0.1) is 31.2 Å². The van der Waals surface area contributed by atoms with Gasteiger partial charge in [-0.15, -0.1) is 0 Å². The Bertz CT molecular complexity index is 1550. The van der Waals surface area contributed by atoms with Crippen LogP contribution in [0.5, 0.6) is 17.2 Å². The smallest absolute Gasteiger partial charge is 0.346 e. The molecule has 168 valence electrons. The summed E-state index contributed by atoms with van der Waals surface area (Å²) in [7, 11) is 3.16. The summed E-state index contributed by atoms with van der Waals surface area (Å²) >= 11 is 0. The summed E-state index contributed by atoms with van der Waals surface area (Å²) in [5.74, 6) is 0.498. The number of hydrogen-bond donors (Lipinski definition) is 0. The normalized spacial score (nSPS) is 20.0. The van der Waals surface area contributed by atoms with Crippen molar-refractivity contribution in [1.82, 2.24) is 0 Å². The minimum Gasteiger partial charge on any atom is -0.497 e. The highest BCUT2D eigenvalue weighted by molar-refractivity contribution is 5.86. The van der Waals surface area contributed by atoms with E-state index in [-0.39, 0.29) is 0 Å². The van der Waals surface area contributed by atoms with Crippen LogP contribution in [-0.2, 0) is 16.9 Å². The summed E-state index contributed by atoms with van der Waals surface area (Å²) < 4.78 is 29.4. The van der Waals surface area contributed by atoms with Gasteiger partial charge < -0.3 is 23.4 Å². The van der Waals surface area contributed by atoms with Crippen molar-refractivity contribution in [2.45, 2.75) is 18.3 Å². The highest BCUT2D eigenvalue weighted by Gasteiger charge is 2.50. The maximum Gasteiger partial charge on any atom is 0.346 e. The van der Waals surface area contributed by atoms with Crippen LogP contribution in [0, 0.1) is 11.3 Å². The van der Waals surface area contributed by atoms with Crippen molar-refractivity contribution in [3.8, 4) is 23.3 Å². The molecule has 7 heteroatoms. The monoisotopic (exact) mass is 453 g/mol. The van der Waals surface area contributed by atoms with Crippen LogP contribution in [0.1, 0.15) is 33.9 Å². The molecule has 0 saturated carbocycles. The average molecular weight is 453 g/mol. The minimum atomic E-state index is -1.20. The topological polar surface area (TPSA) is 90.9 Å². The number of ether oxygens (including phenoxy) is 4. The van der Waals surface area contributed by atoms with E-state index in [1.165, 1.54) is 0 Å². The molecule has 0 aliphatic carbocycles. The Hall–Kier alpha value is -4.28. The Morgan fingerprint density at radius 1 is 1.00 bits per heavy atom. The lowest BCUT2D eigenvalue weighted by Crippen LogP contribution is -2.47. The van der Waals surface area contributed by atoms with E-state index in [1.54, 1.807) is 32.4 Å². The van der Waals surface area contributed by atoms with Gasteiger partial charge in [-0.25, -0.2) is 4.79 Å². The van der Waals surface area contributed by atoms with E-state index in [1.807, 2.05) is 42.5 Å². The molecule has 2 bridgehead atoms. The number of hydrogen-bond acceptors (Lipinski definition) is 7. The Balaban J connectivity index is 1.64. The van der Waals surface area contributed by atoms with Crippen molar-refractivity contribution in [3.63, 3.8) is 0 Å². The van der Waals surface area contributed by atoms with Crippen LogP contribution in [-0.4, -0.2) is 14.2 Å². The number of benzene rings is 3. The molecule has 0 saturated heterocycles. The van der Waals surface area contributed by atoms with Crippen molar-refractivity contribution in [3.05, 3.63) is 98.9 Å². The Labute approximate surface area is 194 Å². The lowest BCUT2D eigenvalue weighted by molar-refractivity contribution is -0.237. The Morgan fingerprint density at radius 3 is 2.50 bits per heavy atom. The second kappa shape index (κ2) is 7.37. The van der Waals surface area contributed by atoms with Crippen LogP contribution < -0.4 is 19.8 Å². The number of rotatable bonds is 3. The highest BCUT2D eigenvalue weighted by Crippen LogP contribution is 2.53. The van der Waals surface area contributed by atoms with E-state index in [2.05, 4.69) is 6.07 Å². The molecule has 2 aliphatic rings. The molecule has 6 rings (SSSR count). The van der Waals surface area contributed by atoms with Gasteiger partial charge in [0.25, 0.3) is 0 Å². The third-order valence-electron chi connectivity index (χ3n) is 6.45. The van der Waals surface area contributed by atoms with Crippen molar-refractivity contribution in [2.24, 2.45) is 0 Å². The maximum absolute atomic E-state index is 13.2. The molecule has 7 nitrogen and oxygen atoms in total. The molecule has 0 radical (unpaired) electrons. The van der Waals surface area contributed by atoms with Gasteiger partial charge in [-0.05, 0) is 59.7 Å². The maximum atomic E-state index is 13.2. The van der Waals surface area contributed by atoms with E-state index in [0.29, 0.717) is 45.8 Å². The third-order valence-corrected chi connectivity index (χ3v) is 6.45. The zero-order valence-corrected chi connectivity index (χ0v) is 18.5. The molecule has 0 N–H and O–H groups in total. The fourth-order valence-corrected chi connectivity index (χ4v) is 4.77. The van der Waals surface area contributed by atoms with E-state index < -0.39 is 17.5 Å². The second-order valence-electron chi connectivity index (χ2n) is 8.28. The summed E-state index contributed by atoms with van der Waals surface area (Å²) in [5, 5.41) is 10.1. The van der Waals surface area contributed by atoms with E-state index in [9.17, 15) is 10.1 Å². The van der Waals surface area contributed by atoms with Crippen LogP contribution in [0.2, 0.25) is 0 Å². The number of methoxy groups -OCH3 is 2. The first kappa shape index (κ1) is 20.3. The van der Waals surface area contributed by atoms with Crippen LogP contribution in [0.15, 0.2) is 69.9 Å². The van der Waals surface area contributed by atoms with Crippen LogP contribution in [0.4, 0.5) is 0 Å². The third kappa shape index (κ3) is 2.89. The van der Waals surface area contributed by atoms with Gasteiger partial charge in [0.2, 0.25) is 5.79 Å². The van der Waals surface area contributed by atoms with Crippen molar-refractivity contribution < 1.29 is 23.4 Å². The van der Waals surface area contributed by atoms with Gasteiger partial charge in [-0.1, -0.05) is 6.07 Å². The first-order valence-corrected chi connectivity index (χ1v) is 10.7. The number of nitrogens with zero attached hydrogens (tertiary/aromatic N) is 1. The van der Waals surface area contributed by atoms with E-state index in [4.69, 9.17) is 23.4 Å². The van der Waals surface area contributed by atoms with Gasteiger partial charge in [-0.2, -0.15) is 5.26 Å². The summed E-state index contributed by atoms with van der Waals surface area (Å²) in [4.78, 5) is 13.2. The van der Waals surface area contributed by atoms with Crippen LogP contribution in [0.25, 0.3) is 11.0 Å². The van der Waals surface area contributed by atoms with Gasteiger partial charge in [0.1, 0.15) is 34.5 Å². The summed E-state index contributed by atoms with van der Waals surface area (Å²) in [6, 6.07) is 20.3. The fraction of sp³-hybridized carbons (Fsp3) is 0.185. The van der Waals surface area contributed by atoms with Gasteiger partial charge in [0.15, 0.2) is 0 Å². The second-order valence-corrected chi connectivity index (χ2v) is 8.28. The van der Waals surface area contributed by atoms with E-state index in [0.717, 1.165) is 16.7 Å². The van der Waals surface area contributed by atoms with Crippen molar-refractivity contribution >= 4 is 11.0 Å². The predicted molar refractivity (Wildman–Crippen MR) is 122 cm³/mol. The molecule has 4 aromatic rings. The molecule has 2 atom stereocenters. The molecular formula is C27H19NO6. The Kier molecular flexibility index (Phi) is 4.41. The summed E-state index contributed by atoms with van der Waals surface area (Å²) in [6.45, 7) is 0. The zero-order chi connectivity index (χ0) is 23.4. The van der Waals surface area contributed by atoms with Crippen LogP contribution >= 0.6 is 0 Å². The first-order chi connectivity index (χ1) is 16.5. The summed E-state index contributed by atoms with van der Waals surface area (Å²) in [5.41, 5.74) is 3.12. The van der Waals surface area contributed by atoms with Crippen molar-refractivity contribution in [2.75, 3.05) is 14.2 Å². The van der Waals surface area contributed by atoms with Gasteiger partial charge >= 0.3 is 5.63 Å². The highest BCUT2D eigenvalue weighted by atomic mass is 16.7. The van der Waals surface area contributed by atoms with Crippen LogP contribution in [0.3, 0.4) is 0 Å². The van der Waals surface area contributed by atoms with Crippen molar-refractivity contribution in [1.29, 1.82) is 5.26 Å². The largest absolute Gasteiger partial charge is 0.497 e. The number of nitriles is 1. The predicted octanol–water partition coefficient (Wildman–Crippen LogP) is 4.59. The SMILES string of the molecule is COc1ccc([C@]23Cc4cc(C#N)ccc4[C@H](O2)c2c(c4ccc(OC)cc4oc2=O)O3)cc1. The molecule has 3 heterocycles. The molecule has 3 aromatic carbocycles. The van der Waals surface area contributed by atoms with Gasteiger partial charge in [0, 0.05) is 18.1 Å². The van der Waals surface area contributed by atoms with E-state index >= 15 is 0 Å². The Morgan fingerprint density at radius 2 is 1.76 bits per heavy atom. The molecule has 1 aromatic heterocycles. The first-order valence-electron chi connectivity index (χ1n) is 10.7. The minimum absolute atomic E-state index is 0.299. The lowest BCUT2D eigenvalue weighted by Gasteiger charge is -2.46.